The van der Waals surface area contributed by atoms with E-state index in [4.69, 9.17) is 10.7 Å². The summed E-state index contributed by atoms with van der Waals surface area (Å²) in [4.78, 5) is 24.2. The second-order valence-electron chi connectivity index (χ2n) is 10.9. The summed E-state index contributed by atoms with van der Waals surface area (Å²) in [5.41, 5.74) is 11.2. The van der Waals surface area contributed by atoms with Crippen molar-refractivity contribution in [2.24, 2.45) is 0 Å². The third-order valence-electron chi connectivity index (χ3n) is 6.63. The molecule has 176 valence electrons. The van der Waals surface area contributed by atoms with E-state index in [0.717, 1.165) is 54.9 Å². The number of anilines is 1. The van der Waals surface area contributed by atoms with Gasteiger partial charge in [0.05, 0.1) is 0 Å². The van der Waals surface area contributed by atoms with Gasteiger partial charge in [-0.1, -0.05) is 11.6 Å². The molecule has 4 rings (SSSR count). The van der Waals surface area contributed by atoms with E-state index >= 15 is 0 Å². The Kier molecular flexibility index (Phi) is 6.32. The number of piperidine rings is 1. The fourth-order valence-electron chi connectivity index (χ4n) is 5.57. The number of amides is 1. The Morgan fingerprint density at radius 3 is 2.52 bits per heavy atom. The van der Waals surface area contributed by atoms with Gasteiger partial charge >= 0.3 is 0 Å². The molecule has 4 heterocycles. The SMILES string of the molecule is Cc1cc(-c2ccc(N)nc2)cc(C2CCN(C(=O)CC3=CC(C)(C)NC(C)(C)C3)CC2)n1. The van der Waals surface area contributed by atoms with Gasteiger partial charge in [-0.3, -0.25) is 9.78 Å². The largest absolute Gasteiger partial charge is 0.384 e. The first-order chi connectivity index (χ1) is 15.5. The van der Waals surface area contributed by atoms with Crippen LogP contribution in [0, 0.1) is 6.92 Å². The van der Waals surface area contributed by atoms with Crippen LogP contribution in [0.3, 0.4) is 0 Å². The number of nitrogens with two attached hydrogens (primary N) is 1. The molecule has 2 aliphatic rings. The van der Waals surface area contributed by atoms with Gasteiger partial charge in [-0.25, -0.2) is 4.98 Å². The van der Waals surface area contributed by atoms with E-state index in [2.05, 4.69) is 56.2 Å². The molecule has 0 atom stereocenters. The molecule has 2 aliphatic heterocycles. The van der Waals surface area contributed by atoms with Gasteiger partial charge in [0, 0.05) is 59.7 Å². The molecule has 6 nitrogen and oxygen atoms in total. The number of carbonyl (C=O) groups excluding carboxylic acids is 1. The molecule has 0 radical (unpaired) electrons. The van der Waals surface area contributed by atoms with Crippen LogP contribution in [-0.4, -0.2) is 44.9 Å². The molecule has 33 heavy (non-hydrogen) atoms. The summed E-state index contributed by atoms with van der Waals surface area (Å²) in [6, 6.07) is 8.09. The van der Waals surface area contributed by atoms with Gasteiger partial charge in [0.15, 0.2) is 0 Å². The Morgan fingerprint density at radius 2 is 1.88 bits per heavy atom. The first-order valence-corrected chi connectivity index (χ1v) is 12.0. The highest BCUT2D eigenvalue weighted by atomic mass is 16.2. The summed E-state index contributed by atoms with van der Waals surface area (Å²) >= 11 is 0. The summed E-state index contributed by atoms with van der Waals surface area (Å²) in [5.74, 6) is 1.14. The maximum absolute atomic E-state index is 13.1. The highest BCUT2D eigenvalue weighted by Gasteiger charge is 2.33. The maximum Gasteiger partial charge on any atom is 0.226 e. The Labute approximate surface area is 197 Å². The Morgan fingerprint density at radius 1 is 1.15 bits per heavy atom. The zero-order chi connectivity index (χ0) is 23.8. The van der Waals surface area contributed by atoms with Gasteiger partial charge < -0.3 is 16.0 Å². The lowest BCUT2D eigenvalue weighted by Crippen LogP contribution is -2.54. The lowest BCUT2D eigenvalue weighted by atomic mass is 9.82. The van der Waals surface area contributed by atoms with Crippen LogP contribution in [0.2, 0.25) is 0 Å². The van der Waals surface area contributed by atoms with Crippen LogP contribution in [0.5, 0.6) is 0 Å². The van der Waals surface area contributed by atoms with Crippen molar-refractivity contribution in [3.8, 4) is 11.1 Å². The zero-order valence-electron chi connectivity index (χ0n) is 20.6. The first-order valence-electron chi connectivity index (χ1n) is 12.0. The van der Waals surface area contributed by atoms with Crippen LogP contribution in [0.25, 0.3) is 11.1 Å². The highest BCUT2D eigenvalue weighted by Crippen LogP contribution is 2.33. The number of hydrogen-bond donors (Lipinski definition) is 2. The lowest BCUT2D eigenvalue weighted by molar-refractivity contribution is -0.131. The number of hydrogen-bond acceptors (Lipinski definition) is 5. The molecule has 2 aromatic heterocycles. The van der Waals surface area contributed by atoms with Crippen LogP contribution >= 0.6 is 0 Å². The predicted molar refractivity (Wildman–Crippen MR) is 134 cm³/mol. The second-order valence-corrected chi connectivity index (χ2v) is 10.9. The number of rotatable bonds is 4. The number of nitrogens with one attached hydrogen (secondary N) is 1. The third kappa shape index (κ3) is 5.80. The van der Waals surface area contributed by atoms with E-state index in [1.54, 1.807) is 0 Å². The quantitative estimate of drug-likeness (QED) is 0.669. The van der Waals surface area contributed by atoms with Crippen LogP contribution in [-0.2, 0) is 4.79 Å². The van der Waals surface area contributed by atoms with Crippen LogP contribution in [0.15, 0.2) is 42.1 Å². The summed E-state index contributed by atoms with van der Waals surface area (Å²) in [5, 5.41) is 3.64. The Bertz CT molecular complexity index is 1050. The van der Waals surface area contributed by atoms with Crippen molar-refractivity contribution in [3.63, 3.8) is 0 Å². The van der Waals surface area contributed by atoms with Gasteiger partial charge in [-0.2, -0.15) is 0 Å². The molecule has 1 saturated heterocycles. The Hall–Kier alpha value is -2.73. The van der Waals surface area contributed by atoms with Crippen LogP contribution in [0.4, 0.5) is 5.82 Å². The molecule has 1 fully saturated rings. The molecule has 0 bridgehead atoms. The lowest BCUT2D eigenvalue weighted by Gasteiger charge is -2.41. The predicted octanol–water partition coefficient (Wildman–Crippen LogP) is 4.61. The summed E-state index contributed by atoms with van der Waals surface area (Å²) < 4.78 is 0. The molecule has 0 aromatic carbocycles. The van der Waals surface area contributed by atoms with Crippen molar-refractivity contribution in [1.82, 2.24) is 20.2 Å². The molecule has 3 N–H and O–H groups in total. The van der Waals surface area contributed by atoms with Crippen molar-refractivity contribution in [2.75, 3.05) is 18.8 Å². The number of pyridine rings is 2. The maximum atomic E-state index is 13.1. The first kappa shape index (κ1) is 23.4. The van der Waals surface area contributed by atoms with Crippen molar-refractivity contribution in [1.29, 1.82) is 0 Å². The molecule has 2 aromatic rings. The standard InChI is InChI=1S/C27H37N5O/c1-18-12-22(21-6-7-24(28)29-17-21)14-23(30-18)20-8-10-32(11-9-20)25(33)13-19-15-26(2,3)31-27(4,5)16-19/h6-7,12,14-15,17,20,31H,8-11,13,16H2,1-5H3,(H2,28,29). The monoisotopic (exact) mass is 447 g/mol. The van der Waals surface area contributed by atoms with E-state index in [0.29, 0.717) is 18.2 Å². The zero-order valence-corrected chi connectivity index (χ0v) is 20.6. The normalized spacial score (nSPS) is 20.4. The van der Waals surface area contributed by atoms with Crippen LogP contribution in [0.1, 0.15) is 70.7 Å². The van der Waals surface area contributed by atoms with E-state index in [1.165, 1.54) is 5.57 Å². The van der Waals surface area contributed by atoms with E-state index in [9.17, 15) is 4.79 Å². The minimum atomic E-state index is -0.0844. The third-order valence-corrected chi connectivity index (χ3v) is 6.63. The fourth-order valence-corrected chi connectivity index (χ4v) is 5.57. The number of nitrogens with zero attached hydrogens (tertiary/aromatic N) is 3. The molecular weight excluding hydrogens is 410 g/mol. The number of aryl methyl sites for hydroxylation is 1. The Balaban J connectivity index is 1.40. The minimum absolute atomic E-state index is 0.00932. The van der Waals surface area contributed by atoms with Gasteiger partial charge in [-0.05, 0) is 83.7 Å². The molecule has 0 spiro atoms. The van der Waals surface area contributed by atoms with E-state index in [-0.39, 0.29) is 17.0 Å². The van der Waals surface area contributed by atoms with E-state index in [1.807, 2.05) is 30.2 Å². The molecule has 0 aliphatic carbocycles. The topological polar surface area (TPSA) is 84.1 Å². The molecule has 1 amide bonds. The van der Waals surface area contributed by atoms with Gasteiger partial charge in [0.25, 0.3) is 0 Å². The van der Waals surface area contributed by atoms with Gasteiger partial charge in [0.1, 0.15) is 5.82 Å². The number of likely N-dealkylation sites (tertiary alicyclic amines) is 1. The summed E-state index contributed by atoms with van der Waals surface area (Å²) in [7, 11) is 0. The highest BCUT2D eigenvalue weighted by molar-refractivity contribution is 5.79. The van der Waals surface area contributed by atoms with Crippen molar-refractivity contribution in [2.45, 2.75) is 77.3 Å². The number of aromatic nitrogens is 2. The smallest absolute Gasteiger partial charge is 0.226 e. The average Bonchev–Trinajstić information content (AvgIpc) is 2.71. The molecule has 0 unspecified atom stereocenters. The minimum Gasteiger partial charge on any atom is -0.384 e. The van der Waals surface area contributed by atoms with Crippen LogP contribution < -0.4 is 11.1 Å². The molecule has 0 saturated carbocycles. The van der Waals surface area contributed by atoms with Gasteiger partial charge in [-0.15, -0.1) is 0 Å². The van der Waals surface area contributed by atoms with Gasteiger partial charge in [0.2, 0.25) is 5.91 Å². The number of nitrogen functional groups attached to an aromatic ring is 1. The molecule has 6 heteroatoms. The van der Waals surface area contributed by atoms with E-state index < -0.39 is 0 Å². The van der Waals surface area contributed by atoms with Crippen molar-refractivity contribution in [3.05, 3.63) is 53.5 Å². The summed E-state index contributed by atoms with van der Waals surface area (Å²) in [6.07, 6.45) is 7.38. The number of carbonyl (C=O) groups is 1. The van der Waals surface area contributed by atoms with Crippen molar-refractivity contribution >= 4 is 11.7 Å². The fraction of sp³-hybridized carbons (Fsp3) is 0.519. The average molecular weight is 448 g/mol. The summed E-state index contributed by atoms with van der Waals surface area (Å²) in [6.45, 7) is 12.4. The molecular formula is C27H37N5O. The van der Waals surface area contributed by atoms with Crippen molar-refractivity contribution < 1.29 is 4.79 Å². The second kappa shape index (κ2) is 8.90.